The molecule has 1 aliphatic rings. The number of rotatable bonds is 6. The topological polar surface area (TPSA) is 38.5 Å². The maximum Gasteiger partial charge on any atom is 0.120 e. The van der Waals surface area contributed by atoms with E-state index in [0.717, 1.165) is 31.2 Å². The molecule has 2 rings (SSSR count). The van der Waals surface area contributed by atoms with Crippen molar-refractivity contribution >= 4 is 0 Å². The molecule has 2 N–H and O–H groups in total. The minimum atomic E-state index is 0.231. The van der Waals surface area contributed by atoms with Crippen molar-refractivity contribution in [2.75, 3.05) is 19.6 Å². The Morgan fingerprint density at radius 2 is 2.25 bits per heavy atom. The quantitative estimate of drug-likeness (QED) is 0.868. The monoisotopic (exact) mass is 276 g/mol. The number of hydrogen-bond acceptors (Lipinski definition) is 3. The number of piperidine rings is 1. The first kappa shape index (κ1) is 15.3. The minimum Gasteiger partial charge on any atom is -0.491 e. The van der Waals surface area contributed by atoms with Crippen molar-refractivity contribution in [3.05, 3.63) is 29.8 Å². The van der Waals surface area contributed by atoms with E-state index in [-0.39, 0.29) is 6.10 Å². The summed E-state index contributed by atoms with van der Waals surface area (Å²) in [6.45, 7) is 8.36. The molecule has 1 unspecified atom stereocenters. The lowest BCUT2D eigenvalue weighted by Crippen LogP contribution is -2.35. The van der Waals surface area contributed by atoms with Gasteiger partial charge in [-0.25, -0.2) is 0 Å². The maximum absolute atomic E-state index is 5.77. The third-order valence-electron chi connectivity index (χ3n) is 3.85. The van der Waals surface area contributed by atoms with E-state index in [9.17, 15) is 0 Å². The first-order valence-corrected chi connectivity index (χ1v) is 7.85. The van der Waals surface area contributed by atoms with Gasteiger partial charge in [0.2, 0.25) is 0 Å². The zero-order valence-electron chi connectivity index (χ0n) is 12.8. The summed E-state index contributed by atoms with van der Waals surface area (Å²) in [4.78, 5) is 2.55. The smallest absolute Gasteiger partial charge is 0.120 e. The van der Waals surface area contributed by atoms with E-state index < -0.39 is 0 Å². The second kappa shape index (κ2) is 7.65. The Balaban J connectivity index is 1.92. The van der Waals surface area contributed by atoms with Gasteiger partial charge in [0.25, 0.3) is 0 Å². The van der Waals surface area contributed by atoms with Gasteiger partial charge in [-0.2, -0.15) is 0 Å². The second-order valence-corrected chi connectivity index (χ2v) is 6.13. The Hall–Kier alpha value is -1.06. The van der Waals surface area contributed by atoms with Crippen LogP contribution in [0.4, 0.5) is 0 Å². The Kier molecular flexibility index (Phi) is 5.86. The highest BCUT2D eigenvalue weighted by Crippen LogP contribution is 2.22. The summed E-state index contributed by atoms with van der Waals surface area (Å²) in [6, 6.07) is 8.50. The fourth-order valence-electron chi connectivity index (χ4n) is 3.01. The predicted molar refractivity (Wildman–Crippen MR) is 83.9 cm³/mol. The van der Waals surface area contributed by atoms with Crippen LogP contribution in [0.3, 0.4) is 0 Å². The SMILES string of the molecule is CC(C)Oc1cccc(CN2CCCC(CCN)C2)c1. The largest absolute Gasteiger partial charge is 0.491 e. The third kappa shape index (κ3) is 4.80. The number of benzene rings is 1. The van der Waals surface area contributed by atoms with Gasteiger partial charge < -0.3 is 10.5 Å². The Morgan fingerprint density at radius 3 is 3.00 bits per heavy atom. The van der Waals surface area contributed by atoms with Crippen LogP contribution in [0, 0.1) is 5.92 Å². The van der Waals surface area contributed by atoms with Crippen LogP contribution in [0.5, 0.6) is 5.75 Å². The molecule has 0 aromatic heterocycles. The van der Waals surface area contributed by atoms with Gasteiger partial charge in [-0.3, -0.25) is 4.90 Å². The average Bonchev–Trinajstić information content (AvgIpc) is 2.39. The Labute approximate surface area is 123 Å². The first-order valence-electron chi connectivity index (χ1n) is 7.85. The van der Waals surface area contributed by atoms with E-state index in [4.69, 9.17) is 10.5 Å². The standard InChI is InChI=1S/C17H28N2O/c1-14(2)20-17-7-3-5-16(11-17)13-19-10-4-6-15(12-19)8-9-18/h3,5,7,11,14-15H,4,6,8-10,12-13,18H2,1-2H3. The van der Waals surface area contributed by atoms with Gasteiger partial charge in [0, 0.05) is 13.1 Å². The molecule has 1 saturated heterocycles. The molecule has 20 heavy (non-hydrogen) atoms. The summed E-state index contributed by atoms with van der Waals surface area (Å²) >= 11 is 0. The lowest BCUT2D eigenvalue weighted by atomic mass is 9.94. The van der Waals surface area contributed by atoms with Crippen molar-refractivity contribution in [2.45, 2.75) is 45.8 Å². The van der Waals surface area contributed by atoms with Crippen LogP contribution in [0.25, 0.3) is 0 Å². The van der Waals surface area contributed by atoms with Crippen LogP contribution in [0.15, 0.2) is 24.3 Å². The molecule has 1 aliphatic heterocycles. The molecule has 0 bridgehead atoms. The average molecular weight is 276 g/mol. The molecule has 1 heterocycles. The molecule has 1 aromatic rings. The third-order valence-corrected chi connectivity index (χ3v) is 3.85. The van der Waals surface area contributed by atoms with Gasteiger partial charge >= 0.3 is 0 Å². The molecule has 112 valence electrons. The first-order chi connectivity index (χ1) is 9.67. The molecule has 1 aromatic carbocycles. The molecule has 0 spiro atoms. The fraction of sp³-hybridized carbons (Fsp3) is 0.647. The van der Waals surface area contributed by atoms with E-state index in [0.29, 0.717) is 0 Å². The van der Waals surface area contributed by atoms with Gasteiger partial charge in [0.1, 0.15) is 5.75 Å². The van der Waals surface area contributed by atoms with Gasteiger partial charge in [0.05, 0.1) is 6.10 Å². The summed E-state index contributed by atoms with van der Waals surface area (Å²) in [5, 5.41) is 0. The number of hydrogen-bond donors (Lipinski definition) is 1. The van der Waals surface area contributed by atoms with Gasteiger partial charge in [-0.05, 0) is 69.8 Å². The molecule has 1 fully saturated rings. The highest BCUT2D eigenvalue weighted by Gasteiger charge is 2.19. The van der Waals surface area contributed by atoms with Crippen molar-refractivity contribution in [2.24, 2.45) is 11.7 Å². The minimum absolute atomic E-state index is 0.231. The van der Waals surface area contributed by atoms with Crippen LogP contribution >= 0.6 is 0 Å². The number of nitrogens with zero attached hydrogens (tertiary/aromatic N) is 1. The van der Waals surface area contributed by atoms with E-state index in [1.165, 1.54) is 31.5 Å². The molecule has 3 heteroatoms. The highest BCUT2D eigenvalue weighted by molar-refractivity contribution is 5.28. The number of ether oxygens (including phenoxy) is 1. The molecule has 0 aliphatic carbocycles. The predicted octanol–water partition coefficient (Wildman–Crippen LogP) is 3.03. The van der Waals surface area contributed by atoms with E-state index in [1.54, 1.807) is 0 Å². The summed E-state index contributed by atoms with van der Waals surface area (Å²) < 4.78 is 5.77. The van der Waals surface area contributed by atoms with Gasteiger partial charge in [0.15, 0.2) is 0 Å². The van der Waals surface area contributed by atoms with Gasteiger partial charge in [-0.15, -0.1) is 0 Å². The fourth-order valence-corrected chi connectivity index (χ4v) is 3.01. The summed E-state index contributed by atoms with van der Waals surface area (Å²) in [5.41, 5.74) is 7.03. The summed E-state index contributed by atoms with van der Waals surface area (Å²) in [6.07, 6.45) is 4.03. The van der Waals surface area contributed by atoms with Gasteiger partial charge in [-0.1, -0.05) is 12.1 Å². The zero-order chi connectivity index (χ0) is 14.4. The molecule has 0 amide bonds. The molecule has 0 radical (unpaired) electrons. The van der Waals surface area contributed by atoms with E-state index >= 15 is 0 Å². The zero-order valence-corrected chi connectivity index (χ0v) is 12.8. The second-order valence-electron chi connectivity index (χ2n) is 6.13. The van der Waals surface area contributed by atoms with Crippen molar-refractivity contribution < 1.29 is 4.74 Å². The van der Waals surface area contributed by atoms with Crippen molar-refractivity contribution in [3.63, 3.8) is 0 Å². The van der Waals surface area contributed by atoms with Crippen molar-refractivity contribution in [1.29, 1.82) is 0 Å². The Bertz CT molecular complexity index is 404. The van der Waals surface area contributed by atoms with E-state index in [1.807, 2.05) is 6.07 Å². The molecular formula is C17H28N2O. The number of likely N-dealkylation sites (tertiary alicyclic amines) is 1. The summed E-state index contributed by atoms with van der Waals surface area (Å²) in [5.74, 6) is 1.76. The van der Waals surface area contributed by atoms with Crippen molar-refractivity contribution in [3.8, 4) is 5.75 Å². The Morgan fingerprint density at radius 1 is 1.40 bits per heavy atom. The van der Waals surface area contributed by atoms with Crippen LogP contribution in [-0.2, 0) is 6.54 Å². The number of nitrogens with two attached hydrogens (primary N) is 1. The molecular weight excluding hydrogens is 248 g/mol. The lowest BCUT2D eigenvalue weighted by Gasteiger charge is -2.32. The molecule has 3 nitrogen and oxygen atoms in total. The van der Waals surface area contributed by atoms with Crippen LogP contribution in [-0.4, -0.2) is 30.6 Å². The molecule has 0 saturated carbocycles. The lowest BCUT2D eigenvalue weighted by molar-refractivity contribution is 0.163. The van der Waals surface area contributed by atoms with Crippen molar-refractivity contribution in [1.82, 2.24) is 4.90 Å². The van der Waals surface area contributed by atoms with Crippen LogP contribution < -0.4 is 10.5 Å². The van der Waals surface area contributed by atoms with Crippen LogP contribution in [0.2, 0.25) is 0 Å². The maximum atomic E-state index is 5.77. The molecule has 1 atom stereocenters. The van der Waals surface area contributed by atoms with Crippen LogP contribution in [0.1, 0.15) is 38.7 Å². The summed E-state index contributed by atoms with van der Waals surface area (Å²) in [7, 11) is 0. The normalized spacial score (nSPS) is 20.3. The highest BCUT2D eigenvalue weighted by atomic mass is 16.5. The van der Waals surface area contributed by atoms with E-state index in [2.05, 4.69) is 36.9 Å².